The van der Waals surface area contributed by atoms with Gasteiger partial charge in [0, 0.05) is 52.8 Å². The first-order valence-electron chi connectivity index (χ1n) is 13.9. The van der Waals surface area contributed by atoms with E-state index in [1.54, 1.807) is 30.3 Å². The van der Waals surface area contributed by atoms with Crippen molar-refractivity contribution in [3.63, 3.8) is 0 Å². The highest BCUT2D eigenvalue weighted by molar-refractivity contribution is 9.10. The average molecular weight is 657 g/mol. The van der Waals surface area contributed by atoms with E-state index in [0.29, 0.717) is 49.5 Å². The lowest BCUT2D eigenvalue weighted by atomic mass is 9.71. The molecule has 1 N–H and O–H groups in total. The summed E-state index contributed by atoms with van der Waals surface area (Å²) in [4.78, 5) is 11.3. The van der Waals surface area contributed by atoms with Crippen molar-refractivity contribution >= 4 is 26.8 Å². The fourth-order valence-corrected chi connectivity index (χ4v) is 6.03. The summed E-state index contributed by atoms with van der Waals surface area (Å²) < 4.78 is 44.9. The van der Waals surface area contributed by atoms with Gasteiger partial charge in [-0.05, 0) is 42.3 Å². The van der Waals surface area contributed by atoms with Crippen LogP contribution in [0, 0.1) is 5.82 Å². The van der Waals surface area contributed by atoms with Crippen molar-refractivity contribution in [3.8, 4) is 23.4 Å². The van der Waals surface area contributed by atoms with Crippen LogP contribution < -0.4 is 18.9 Å². The van der Waals surface area contributed by atoms with Crippen molar-refractivity contribution in [2.45, 2.75) is 17.9 Å². The van der Waals surface area contributed by atoms with Gasteiger partial charge in [-0.15, -0.1) is 0 Å². The molecule has 1 aliphatic rings. The minimum Gasteiger partial charge on any atom is -0.494 e. The molecule has 4 aromatic rings. The van der Waals surface area contributed by atoms with E-state index >= 15 is 4.39 Å². The Kier molecular flexibility index (Phi) is 9.65. The number of morpholine rings is 1. The fraction of sp³-hybridized carbons (Fsp3) is 0.375. The monoisotopic (exact) mass is 655 g/mol. The minimum atomic E-state index is -1.73. The third-order valence-corrected chi connectivity index (χ3v) is 8.38. The van der Waals surface area contributed by atoms with Crippen LogP contribution in [0.1, 0.15) is 29.0 Å². The molecule has 1 saturated heterocycles. The van der Waals surface area contributed by atoms with Gasteiger partial charge in [-0.1, -0.05) is 28.1 Å². The molecule has 0 radical (unpaired) electrons. The van der Waals surface area contributed by atoms with Gasteiger partial charge in [0.25, 0.3) is 0 Å². The van der Waals surface area contributed by atoms with Crippen LogP contribution in [0.4, 0.5) is 4.39 Å². The van der Waals surface area contributed by atoms with E-state index in [0.717, 1.165) is 9.86 Å². The topological polar surface area (TPSA) is 95.4 Å². The molecule has 9 nitrogen and oxygen atoms in total. The Bertz CT molecular complexity index is 1560. The van der Waals surface area contributed by atoms with Gasteiger partial charge < -0.3 is 28.8 Å². The molecule has 2 atom stereocenters. The summed E-state index contributed by atoms with van der Waals surface area (Å²) in [5.74, 6) is -0.790. The summed E-state index contributed by atoms with van der Waals surface area (Å²) >= 11 is 3.55. The fourth-order valence-electron chi connectivity index (χ4n) is 5.66. The van der Waals surface area contributed by atoms with Crippen molar-refractivity contribution in [1.29, 1.82) is 0 Å². The van der Waals surface area contributed by atoms with E-state index < -0.39 is 17.3 Å². The van der Waals surface area contributed by atoms with Gasteiger partial charge in [0.2, 0.25) is 17.6 Å². The summed E-state index contributed by atoms with van der Waals surface area (Å²) in [6, 6.07) is 15.8. The molecule has 2 aromatic carbocycles. The first kappa shape index (κ1) is 30.9. The number of methoxy groups -OCH3 is 4. The zero-order valence-corrected chi connectivity index (χ0v) is 26.2. The molecule has 5 rings (SSSR count). The average Bonchev–Trinajstić information content (AvgIpc) is 3.04. The molecule has 228 valence electrons. The van der Waals surface area contributed by atoms with Crippen molar-refractivity contribution in [2.24, 2.45) is 0 Å². The van der Waals surface area contributed by atoms with E-state index in [4.69, 9.17) is 28.7 Å². The molecule has 1 aliphatic heterocycles. The van der Waals surface area contributed by atoms with E-state index in [9.17, 15) is 5.11 Å². The molecule has 1 fully saturated rings. The second kappa shape index (κ2) is 13.4. The molecule has 0 aliphatic carbocycles. The van der Waals surface area contributed by atoms with Crippen LogP contribution in [-0.4, -0.2) is 81.3 Å². The number of pyridine rings is 2. The number of hydrogen-bond donors (Lipinski definition) is 1. The molecule has 11 heteroatoms. The smallest absolute Gasteiger partial charge is 0.217 e. The molecule has 2 aromatic heterocycles. The second-order valence-electron chi connectivity index (χ2n) is 10.3. The Labute approximate surface area is 258 Å². The number of halogens is 2. The lowest BCUT2D eigenvalue weighted by Crippen LogP contribution is -2.42. The van der Waals surface area contributed by atoms with Gasteiger partial charge in [-0.25, -0.2) is 9.37 Å². The van der Waals surface area contributed by atoms with E-state index in [1.807, 2.05) is 24.3 Å². The van der Waals surface area contributed by atoms with Crippen molar-refractivity contribution in [1.82, 2.24) is 14.9 Å². The van der Waals surface area contributed by atoms with Crippen LogP contribution in [0.25, 0.3) is 10.9 Å². The number of hydrogen-bond acceptors (Lipinski definition) is 9. The summed E-state index contributed by atoms with van der Waals surface area (Å²) in [6.45, 7) is 3.13. The highest BCUT2D eigenvalue weighted by Crippen LogP contribution is 2.50. The van der Waals surface area contributed by atoms with Crippen LogP contribution in [0.2, 0.25) is 0 Å². The van der Waals surface area contributed by atoms with E-state index in [2.05, 4.69) is 25.8 Å². The Morgan fingerprint density at radius 3 is 2.30 bits per heavy atom. The van der Waals surface area contributed by atoms with Gasteiger partial charge in [0.15, 0.2) is 11.6 Å². The molecule has 2 unspecified atom stereocenters. The molecule has 0 saturated carbocycles. The molecule has 43 heavy (non-hydrogen) atoms. The molecule has 0 amide bonds. The number of aliphatic hydroxyl groups is 1. The quantitative estimate of drug-likeness (QED) is 0.231. The maximum atomic E-state index is 16.4. The molecule has 3 heterocycles. The van der Waals surface area contributed by atoms with Crippen molar-refractivity contribution in [2.75, 3.05) is 61.3 Å². The zero-order valence-electron chi connectivity index (χ0n) is 24.6. The predicted octanol–water partition coefficient (Wildman–Crippen LogP) is 5.31. The Morgan fingerprint density at radius 1 is 0.930 bits per heavy atom. The molecular weight excluding hydrogens is 621 g/mol. The molecule has 0 spiro atoms. The highest BCUT2D eigenvalue weighted by Gasteiger charge is 2.45. The van der Waals surface area contributed by atoms with Gasteiger partial charge in [-0.3, -0.25) is 4.90 Å². The highest BCUT2D eigenvalue weighted by atomic mass is 79.9. The van der Waals surface area contributed by atoms with E-state index in [1.165, 1.54) is 28.4 Å². The summed E-state index contributed by atoms with van der Waals surface area (Å²) in [6.07, 6.45) is 0.213. The van der Waals surface area contributed by atoms with Crippen LogP contribution in [0.3, 0.4) is 0 Å². The normalized spacial score (nSPS) is 16.0. The number of fused-ring (bicyclic) bond motifs is 1. The summed E-state index contributed by atoms with van der Waals surface area (Å²) in [5.41, 5.74) is 0.113. The Hall–Kier alpha value is -3.51. The van der Waals surface area contributed by atoms with Gasteiger partial charge in [0.05, 0.1) is 53.1 Å². The standard InChI is InChI=1S/C32H35BrFN3O6/c1-39-26-7-5-6-23(30(26)34)29(24-17-20-16-22(33)8-9-25(20)35-31(24)42-4)32(38,10-11-37-12-14-43-15-13-37)21-18-27(40-2)36-28(19-21)41-3/h5-9,16-19,29,38H,10-15H2,1-4H3. The zero-order chi connectivity index (χ0) is 30.6. The molecule has 0 bridgehead atoms. The number of rotatable bonds is 11. The summed E-state index contributed by atoms with van der Waals surface area (Å²) in [5, 5.41) is 13.9. The SMILES string of the molecule is COc1cc(C(O)(CCN2CCOCC2)C(c2cc3cc(Br)ccc3nc2OC)c2cccc(OC)c2F)cc(OC)n1. The first-order valence-corrected chi connectivity index (χ1v) is 14.7. The van der Waals surface area contributed by atoms with Gasteiger partial charge in [-0.2, -0.15) is 4.98 Å². The van der Waals surface area contributed by atoms with Gasteiger partial charge >= 0.3 is 0 Å². The largest absolute Gasteiger partial charge is 0.494 e. The first-order chi connectivity index (χ1) is 20.8. The van der Waals surface area contributed by atoms with Crippen LogP contribution >= 0.6 is 15.9 Å². The third kappa shape index (κ3) is 6.40. The lowest BCUT2D eigenvalue weighted by Gasteiger charge is -2.40. The number of aromatic nitrogens is 2. The number of ether oxygens (including phenoxy) is 5. The molecular formula is C32H35BrFN3O6. The lowest BCUT2D eigenvalue weighted by molar-refractivity contribution is -0.0164. The number of benzene rings is 2. The Morgan fingerprint density at radius 2 is 1.65 bits per heavy atom. The number of nitrogens with zero attached hydrogens (tertiary/aromatic N) is 3. The maximum absolute atomic E-state index is 16.4. The summed E-state index contributed by atoms with van der Waals surface area (Å²) in [7, 11) is 5.91. The van der Waals surface area contributed by atoms with Gasteiger partial charge in [0.1, 0.15) is 5.60 Å². The maximum Gasteiger partial charge on any atom is 0.217 e. The van der Waals surface area contributed by atoms with Crippen LogP contribution in [0.5, 0.6) is 23.4 Å². The Balaban J connectivity index is 1.81. The predicted molar refractivity (Wildman–Crippen MR) is 164 cm³/mol. The van der Waals surface area contributed by atoms with Crippen molar-refractivity contribution in [3.05, 3.63) is 81.6 Å². The van der Waals surface area contributed by atoms with Crippen molar-refractivity contribution < 1.29 is 33.2 Å². The van der Waals surface area contributed by atoms with Crippen LogP contribution in [0.15, 0.2) is 59.1 Å². The van der Waals surface area contributed by atoms with Crippen LogP contribution in [-0.2, 0) is 10.3 Å². The van der Waals surface area contributed by atoms with E-state index in [-0.39, 0.29) is 35.4 Å². The minimum absolute atomic E-state index is 0.0541. The second-order valence-corrected chi connectivity index (χ2v) is 11.2. The third-order valence-electron chi connectivity index (χ3n) is 7.88.